The second-order valence-corrected chi connectivity index (χ2v) is 6.06. The van der Waals surface area contributed by atoms with Crippen molar-refractivity contribution >= 4 is 31.9 Å². The summed E-state index contributed by atoms with van der Waals surface area (Å²) in [5.41, 5.74) is 2.76. The third-order valence-electron chi connectivity index (χ3n) is 3.04. The van der Waals surface area contributed by atoms with Crippen molar-refractivity contribution in [2.45, 2.75) is 13.0 Å². The van der Waals surface area contributed by atoms with E-state index >= 15 is 0 Å². The number of aliphatic hydroxyl groups excluding tert-OH is 1. The van der Waals surface area contributed by atoms with E-state index in [9.17, 15) is 5.11 Å². The first-order valence-corrected chi connectivity index (χ1v) is 7.39. The second kappa shape index (κ2) is 6.07. The summed E-state index contributed by atoms with van der Waals surface area (Å²) in [4.78, 5) is 0. The van der Waals surface area contributed by atoms with Gasteiger partial charge >= 0.3 is 0 Å². The molecule has 0 aliphatic rings. The molecule has 2 nitrogen and oxygen atoms in total. The zero-order chi connectivity index (χ0) is 14.0. The fraction of sp³-hybridized carbons (Fsp3) is 0.200. The summed E-state index contributed by atoms with van der Waals surface area (Å²) in [6, 6.07) is 11.5. The van der Waals surface area contributed by atoms with E-state index < -0.39 is 6.10 Å². The summed E-state index contributed by atoms with van der Waals surface area (Å²) in [5, 5.41) is 10.5. The predicted molar refractivity (Wildman–Crippen MR) is 83.6 cm³/mol. The lowest BCUT2D eigenvalue weighted by molar-refractivity contribution is 0.218. The van der Waals surface area contributed by atoms with Crippen LogP contribution in [-0.2, 0) is 0 Å². The fourth-order valence-electron chi connectivity index (χ4n) is 1.93. The van der Waals surface area contributed by atoms with Crippen molar-refractivity contribution in [1.29, 1.82) is 0 Å². The van der Waals surface area contributed by atoms with Crippen molar-refractivity contribution in [3.05, 3.63) is 62.0 Å². The van der Waals surface area contributed by atoms with Crippen molar-refractivity contribution in [3.8, 4) is 5.75 Å². The van der Waals surface area contributed by atoms with E-state index in [-0.39, 0.29) is 0 Å². The normalized spacial score (nSPS) is 12.3. The summed E-state index contributed by atoms with van der Waals surface area (Å²) >= 11 is 6.91. The van der Waals surface area contributed by atoms with Crippen LogP contribution < -0.4 is 4.74 Å². The van der Waals surface area contributed by atoms with Crippen LogP contribution in [0, 0.1) is 6.92 Å². The van der Waals surface area contributed by atoms with Gasteiger partial charge in [-0.3, -0.25) is 0 Å². The molecule has 0 aliphatic carbocycles. The number of benzene rings is 2. The summed E-state index contributed by atoms with van der Waals surface area (Å²) in [7, 11) is 1.62. The molecule has 0 radical (unpaired) electrons. The Balaban J connectivity index is 2.43. The lowest BCUT2D eigenvalue weighted by Gasteiger charge is -2.16. The van der Waals surface area contributed by atoms with Gasteiger partial charge in [0.1, 0.15) is 11.9 Å². The van der Waals surface area contributed by atoms with E-state index in [4.69, 9.17) is 4.74 Å². The molecule has 2 aromatic rings. The summed E-state index contributed by atoms with van der Waals surface area (Å²) in [6.07, 6.45) is -0.669. The first-order valence-electron chi connectivity index (χ1n) is 5.80. The summed E-state index contributed by atoms with van der Waals surface area (Å²) in [5.74, 6) is 0.758. The van der Waals surface area contributed by atoms with Crippen LogP contribution in [0.3, 0.4) is 0 Å². The Morgan fingerprint density at radius 2 is 1.79 bits per heavy atom. The van der Waals surface area contributed by atoms with Gasteiger partial charge in [-0.05, 0) is 47.9 Å². The third-order valence-corrected chi connectivity index (χ3v) is 4.22. The van der Waals surface area contributed by atoms with Crippen LogP contribution in [0.25, 0.3) is 0 Å². The Hall–Kier alpha value is -0.840. The Kier molecular flexibility index (Phi) is 4.66. The number of aryl methyl sites for hydroxylation is 1. The number of ether oxygens (including phenoxy) is 1. The van der Waals surface area contributed by atoms with Crippen LogP contribution in [0.15, 0.2) is 45.3 Å². The number of aliphatic hydroxyl groups is 1. The number of hydrogen-bond donors (Lipinski definition) is 1. The van der Waals surface area contributed by atoms with Gasteiger partial charge in [-0.1, -0.05) is 44.0 Å². The largest absolute Gasteiger partial charge is 0.497 e. The Morgan fingerprint density at radius 3 is 2.42 bits per heavy atom. The summed E-state index contributed by atoms with van der Waals surface area (Å²) in [6.45, 7) is 1.99. The molecular formula is C15H14Br2O2. The molecular weight excluding hydrogens is 372 g/mol. The molecule has 0 aliphatic heterocycles. The first kappa shape index (κ1) is 14.6. The average molecular weight is 386 g/mol. The van der Waals surface area contributed by atoms with Crippen LogP contribution in [0.5, 0.6) is 5.75 Å². The topological polar surface area (TPSA) is 29.5 Å². The van der Waals surface area contributed by atoms with Crippen molar-refractivity contribution in [1.82, 2.24) is 0 Å². The molecule has 19 heavy (non-hydrogen) atoms. The average Bonchev–Trinajstić information content (AvgIpc) is 2.40. The highest BCUT2D eigenvalue weighted by atomic mass is 79.9. The van der Waals surface area contributed by atoms with Crippen molar-refractivity contribution in [2.75, 3.05) is 7.11 Å². The number of rotatable bonds is 3. The fourth-order valence-corrected chi connectivity index (χ4v) is 2.88. The molecule has 0 saturated heterocycles. The highest BCUT2D eigenvalue weighted by molar-refractivity contribution is 9.10. The van der Waals surface area contributed by atoms with Crippen molar-refractivity contribution in [3.63, 3.8) is 0 Å². The maximum absolute atomic E-state index is 10.5. The number of methoxy groups -OCH3 is 1. The highest BCUT2D eigenvalue weighted by Crippen LogP contribution is 2.33. The van der Waals surface area contributed by atoms with Gasteiger partial charge in [0, 0.05) is 8.95 Å². The van der Waals surface area contributed by atoms with Gasteiger partial charge in [0.15, 0.2) is 0 Å². The van der Waals surface area contributed by atoms with E-state index in [1.54, 1.807) is 7.11 Å². The molecule has 0 fully saturated rings. The maximum Gasteiger partial charge on any atom is 0.120 e. The molecule has 0 saturated carbocycles. The molecule has 0 aromatic heterocycles. The maximum atomic E-state index is 10.5. The minimum atomic E-state index is -0.669. The molecule has 0 heterocycles. The van der Waals surface area contributed by atoms with Crippen LogP contribution in [0.1, 0.15) is 22.8 Å². The lowest BCUT2D eigenvalue weighted by Crippen LogP contribution is -2.03. The van der Waals surface area contributed by atoms with Gasteiger partial charge in [0.2, 0.25) is 0 Å². The molecule has 1 unspecified atom stereocenters. The second-order valence-electron chi connectivity index (χ2n) is 4.29. The Bertz CT molecular complexity index is 597. The van der Waals surface area contributed by atoms with Crippen LogP contribution >= 0.6 is 31.9 Å². The van der Waals surface area contributed by atoms with Crippen molar-refractivity contribution in [2.24, 2.45) is 0 Å². The molecule has 2 rings (SSSR count). The Labute approximate surface area is 129 Å². The number of halogens is 2. The summed E-state index contributed by atoms with van der Waals surface area (Å²) < 4.78 is 6.95. The van der Waals surface area contributed by atoms with Gasteiger partial charge in [0.05, 0.1) is 7.11 Å². The smallest absolute Gasteiger partial charge is 0.120 e. The zero-order valence-electron chi connectivity index (χ0n) is 10.7. The standard InChI is InChI=1S/C15H14Br2O2/c1-9-3-4-10(16)7-13(9)15(18)12-6-5-11(19-2)8-14(12)17/h3-8,15,18H,1-2H3. The first-order chi connectivity index (χ1) is 9.02. The van der Waals surface area contributed by atoms with E-state index in [0.717, 1.165) is 31.4 Å². The minimum absolute atomic E-state index is 0.669. The monoisotopic (exact) mass is 384 g/mol. The quantitative estimate of drug-likeness (QED) is 0.835. The molecule has 0 bridgehead atoms. The Morgan fingerprint density at radius 1 is 1.05 bits per heavy atom. The van der Waals surface area contributed by atoms with Crippen LogP contribution in [-0.4, -0.2) is 12.2 Å². The van der Waals surface area contributed by atoms with E-state index in [2.05, 4.69) is 31.9 Å². The zero-order valence-corrected chi connectivity index (χ0v) is 13.8. The molecule has 100 valence electrons. The molecule has 1 N–H and O–H groups in total. The van der Waals surface area contributed by atoms with E-state index in [1.807, 2.05) is 43.3 Å². The molecule has 0 amide bonds. The molecule has 0 spiro atoms. The molecule has 1 atom stereocenters. The van der Waals surface area contributed by atoms with Gasteiger partial charge in [-0.2, -0.15) is 0 Å². The molecule has 4 heteroatoms. The predicted octanol–water partition coefficient (Wildman–Crippen LogP) is 4.61. The van der Waals surface area contributed by atoms with Gasteiger partial charge in [-0.15, -0.1) is 0 Å². The lowest BCUT2D eigenvalue weighted by atomic mass is 9.97. The SMILES string of the molecule is COc1ccc(C(O)c2cc(Br)ccc2C)c(Br)c1. The van der Waals surface area contributed by atoms with E-state index in [0.29, 0.717) is 0 Å². The van der Waals surface area contributed by atoms with Crippen LogP contribution in [0.4, 0.5) is 0 Å². The minimum Gasteiger partial charge on any atom is -0.497 e. The van der Waals surface area contributed by atoms with Gasteiger partial charge in [0.25, 0.3) is 0 Å². The van der Waals surface area contributed by atoms with Gasteiger partial charge in [-0.25, -0.2) is 0 Å². The number of hydrogen-bond acceptors (Lipinski definition) is 2. The highest BCUT2D eigenvalue weighted by Gasteiger charge is 2.16. The van der Waals surface area contributed by atoms with Crippen molar-refractivity contribution < 1.29 is 9.84 Å². The van der Waals surface area contributed by atoms with Gasteiger partial charge < -0.3 is 9.84 Å². The molecule has 2 aromatic carbocycles. The third kappa shape index (κ3) is 3.19. The van der Waals surface area contributed by atoms with E-state index in [1.165, 1.54) is 0 Å². The van der Waals surface area contributed by atoms with Crippen LogP contribution in [0.2, 0.25) is 0 Å².